The van der Waals surface area contributed by atoms with E-state index in [4.69, 9.17) is 9.47 Å². The van der Waals surface area contributed by atoms with E-state index in [1.165, 1.54) is 0 Å². The molecule has 0 aliphatic carbocycles. The molecule has 0 spiro atoms. The van der Waals surface area contributed by atoms with Gasteiger partial charge in [0.1, 0.15) is 18.1 Å². The molecular formula is C14H19N3O2. The Bertz CT molecular complexity index is 537. The number of benzene rings is 1. The molecule has 1 heterocycles. The molecule has 0 atom stereocenters. The van der Waals surface area contributed by atoms with Gasteiger partial charge in [0, 0.05) is 25.2 Å². The molecular weight excluding hydrogens is 242 g/mol. The second-order valence-corrected chi connectivity index (χ2v) is 4.29. The first-order chi connectivity index (χ1) is 9.24. The molecule has 0 saturated carbocycles. The molecule has 0 aliphatic heterocycles. The number of hydrogen-bond donors (Lipinski definition) is 1. The molecule has 1 aromatic carbocycles. The zero-order valence-electron chi connectivity index (χ0n) is 11.5. The Morgan fingerprint density at radius 1 is 1.37 bits per heavy atom. The van der Waals surface area contributed by atoms with Crippen molar-refractivity contribution in [3.63, 3.8) is 0 Å². The van der Waals surface area contributed by atoms with Crippen LogP contribution in [0, 0.1) is 0 Å². The van der Waals surface area contributed by atoms with Crippen LogP contribution in [0.5, 0.6) is 11.5 Å². The maximum absolute atomic E-state index is 5.88. The van der Waals surface area contributed by atoms with Crippen molar-refractivity contribution < 1.29 is 9.47 Å². The van der Waals surface area contributed by atoms with Gasteiger partial charge in [0.15, 0.2) is 0 Å². The minimum atomic E-state index is 0.486. The largest absolute Gasteiger partial charge is 0.497 e. The number of aryl methyl sites for hydroxylation is 1. The molecule has 1 N–H and O–H groups in total. The van der Waals surface area contributed by atoms with Crippen molar-refractivity contribution in [1.82, 2.24) is 14.9 Å². The second kappa shape index (κ2) is 6.24. The van der Waals surface area contributed by atoms with Gasteiger partial charge in [-0.1, -0.05) is 6.07 Å². The Kier molecular flexibility index (Phi) is 4.41. The molecule has 5 heteroatoms. The summed E-state index contributed by atoms with van der Waals surface area (Å²) in [6.45, 7) is 1.24. The van der Waals surface area contributed by atoms with Crippen LogP contribution in [0.1, 0.15) is 11.3 Å². The number of aromatic nitrogens is 2. The zero-order chi connectivity index (χ0) is 13.7. The smallest absolute Gasteiger partial charge is 0.130 e. The summed E-state index contributed by atoms with van der Waals surface area (Å²) < 4.78 is 13.0. The summed E-state index contributed by atoms with van der Waals surface area (Å²) in [4.78, 5) is 4.07. The molecule has 5 nitrogen and oxygen atoms in total. The molecule has 102 valence electrons. The van der Waals surface area contributed by atoms with Crippen LogP contribution >= 0.6 is 0 Å². The van der Waals surface area contributed by atoms with Crippen LogP contribution in [0.25, 0.3) is 0 Å². The van der Waals surface area contributed by atoms with E-state index in [0.29, 0.717) is 6.61 Å². The first-order valence-electron chi connectivity index (χ1n) is 6.14. The van der Waals surface area contributed by atoms with Gasteiger partial charge in [-0.25, -0.2) is 4.98 Å². The van der Waals surface area contributed by atoms with Gasteiger partial charge in [-0.15, -0.1) is 0 Å². The lowest BCUT2D eigenvalue weighted by atomic mass is 10.2. The number of imidazole rings is 1. The lowest BCUT2D eigenvalue weighted by Gasteiger charge is -2.13. The van der Waals surface area contributed by atoms with Crippen molar-refractivity contribution in [3.05, 3.63) is 42.0 Å². The third-order valence-corrected chi connectivity index (χ3v) is 2.93. The third-order valence-electron chi connectivity index (χ3n) is 2.93. The summed E-state index contributed by atoms with van der Waals surface area (Å²) >= 11 is 0. The fraction of sp³-hybridized carbons (Fsp3) is 0.357. The molecule has 0 unspecified atom stereocenters. The van der Waals surface area contributed by atoms with E-state index in [-0.39, 0.29) is 0 Å². The number of nitrogens with zero attached hydrogens (tertiary/aromatic N) is 2. The average Bonchev–Trinajstić information content (AvgIpc) is 2.83. The molecule has 2 aromatic rings. The predicted octanol–water partition coefficient (Wildman–Crippen LogP) is 1.73. The van der Waals surface area contributed by atoms with E-state index >= 15 is 0 Å². The molecule has 19 heavy (non-hydrogen) atoms. The van der Waals surface area contributed by atoms with E-state index in [0.717, 1.165) is 29.3 Å². The Balaban J connectivity index is 2.15. The van der Waals surface area contributed by atoms with Crippen LogP contribution in [-0.2, 0) is 20.2 Å². The minimum absolute atomic E-state index is 0.486. The first kappa shape index (κ1) is 13.4. The van der Waals surface area contributed by atoms with Gasteiger partial charge in [-0.3, -0.25) is 0 Å². The van der Waals surface area contributed by atoms with Crippen molar-refractivity contribution in [2.24, 2.45) is 7.05 Å². The van der Waals surface area contributed by atoms with Crippen LogP contribution in [0.3, 0.4) is 0 Å². The van der Waals surface area contributed by atoms with Gasteiger partial charge in [0.25, 0.3) is 0 Å². The molecule has 0 saturated heterocycles. The fourth-order valence-electron chi connectivity index (χ4n) is 1.81. The summed E-state index contributed by atoms with van der Waals surface area (Å²) in [7, 11) is 5.51. The number of ether oxygens (including phenoxy) is 2. The average molecular weight is 261 g/mol. The molecule has 0 fully saturated rings. The predicted molar refractivity (Wildman–Crippen MR) is 73.3 cm³/mol. The number of methoxy groups -OCH3 is 1. The summed E-state index contributed by atoms with van der Waals surface area (Å²) in [6, 6.07) is 5.85. The number of rotatable bonds is 6. The Hall–Kier alpha value is -2.01. The summed E-state index contributed by atoms with van der Waals surface area (Å²) in [6.07, 6.45) is 3.57. The Labute approximate surface area is 113 Å². The second-order valence-electron chi connectivity index (χ2n) is 4.29. The van der Waals surface area contributed by atoms with Crippen LogP contribution in [0.2, 0.25) is 0 Å². The first-order valence-corrected chi connectivity index (χ1v) is 6.14. The monoisotopic (exact) mass is 261 g/mol. The van der Waals surface area contributed by atoms with Crippen molar-refractivity contribution in [2.45, 2.75) is 13.2 Å². The zero-order valence-corrected chi connectivity index (χ0v) is 11.5. The third kappa shape index (κ3) is 3.26. The van der Waals surface area contributed by atoms with E-state index < -0.39 is 0 Å². The molecule has 1 aromatic heterocycles. The van der Waals surface area contributed by atoms with E-state index in [2.05, 4.69) is 10.3 Å². The van der Waals surface area contributed by atoms with Crippen LogP contribution in [0.15, 0.2) is 30.7 Å². The topological polar surface area (TPSA) is 48.3 Å². The Morgan fingerprint density at radius 3 is 2.84 bits per heavy atom. The molecule has 0 aliphatic rings. The van der Waals surface area contributed by atoms with Crippen molar-refractivity contribution in [3.8, 4) is 11.5 Å². The highest BCUT2D eigenvalue weighted by Gasteiger charge is 2.07. The minimum Gasteiger partial charge on any atom is -0.497 e. The summed E-state index contributed by atoms with van der Waals surface area (Å²) in [5.74, 6) is 1.62. The SMILES string of the molecule is CNCc1ccc(OC)cc1OCc1cncn1C. The molecule has 0 bridgehead atoms. The maximum Gasteiger partial charge on any atom is 0.130 e. The van der Waals surface area contributed by atoms with Gasteiger partial charge >= 0.3 is 0 Å². The quantitative estimate of drug-likeness (QED) is 0.860. The van der Waals surface area contributed by atoms with Crippen LogP contribution in [-0.4, -0.2) is 23.7 Å². The van der Waals surface area contributed by atoms with Crippen molar-refractivity contribution in [1.29, 1.82) is 0 Å². The summed E-state index contributed by atoms with van der Waals surface area (Å²) in [5.41, 5.74) is 2.13. The number of hydrogen-bond acceptors (Lipinski definition) is 4. The molecule has 0 amide bonds. The van der Waals surface area contributed by atoms with Gasteiger partial charge in [0.2, 0.25) is 0 Å². The number of nitrogens with one attached hydrogen (secondary N) is 1. The Morgan fingerprint density at radius 2 is 2.21 bits per heavy atom. The fourth-order valence-corrected chi connectivity index (χ4v) is 1.81. The van der Waals surface area contributed by atoms with E-state index in [1.807, 2.05) is 36.9 Å². The maximum atomic E-state index is 5.88. The highest BCUT2D eigenvalue weighted by molar-refractivity contribution is 5.40. The highest BCUT2D eigenvalue weighted by Crippen LogP contribution is 2.25. The van der Waals surface area contributed by atoms with Gasteiger partial charge < -0.3 is 19.4 Å². The lowest BCUT2D eigenvalue weighted by molar-refractivity contribution is 0.291. The van der Waals surface area contributed by atoms with E-state index in [1.54, 1.807) is 19.6 Å². The van der Waals surface area contributed by atoms with Gasteiger partial charge in [-0.2, -0.15) is 0 Å². The molecule has 2 rings (SSSR count). The van der Waals surface area contributed by atoms with Crippen LogP contribution in [0.4, 0.5) is 0 Å². The van der Waals surface area contributed by atoms with E-state index in [9.17, 15) is 0 Å². The van der Waals surface area contributed by atoms with Crippen LogP contribution < -0.4 is 14.8 Å². The highest BCUT2D eigenvalue weighted by atomic mass is 16.5. The van der Waals surface area contributed by atoms with Crippen molar-refractivity contribution >= 4 is 0 Å². The van der Waals surface area contributed by atoms with Gasteiger partial charge in [0.05, 0.1) is 25.3 Å². The standard InChI is InChI=1S/C14H19N3O2/c1-15-7-11-4-5-13(18-3)6-14(11)19-9-12-8-16-10-17(12)2/h4-6,8,10,15H,7,9H2,1-3H3. The molecule has 0 radical (unpaired) electrons. The summed E-state index contributed by atoms with van der Waals surface area (Å²) in [5, 5.41) is 3.13. The van der Waals surface area contributed by atoms with Crippen molar-refractivity contribution in [2.75, 3.05) is 14.2 Å². The normalized spacial score (nSPS) is 10.5. The lowest BCUT2D eigenvalue weighted by Crippen LogP contribution is -2.08. The van der Waals surface area contributed by atoms with Gasteiger partial charge in [-0.05, 0) is 13.1 Å².